The Labute approximate surface area is 243 Å². The standard InChI is InChI=1S/C22H46O.C8H15BO4.V/c1-2-3-4-5-6-7-8-9-10-11-12-13-14-15-16-17-18-19-20-21-22-23;1-4(2)12-3-5-6(10)7(11)8(9)13-5;/h23H,2-22H2,1H3;4-8,10-11H,3H2,1-2H3;. The molecule has 1 aliphatic heterocycles. The van der Waals surface area contributed by atoms with Crippen molar-refractivity contribution in [2.75, 3.05) is 13.2 Å². The van der Waals surface area contributed by atoms with E-state index in [1.165, 1.54) is 122 Å². The van der Waals surface area contributed by atoms with Gasteiger partial charge in [0.05, 0.1) is 18.8 Å². The van der Waals surface area contributed by atoms with Crippen molar-refractivity contribution in [1.82, 2.24) is 0 Å². The van der Waals surface area contributed by atoms with E-state index >= 15 is 0 Å². The minimum Gasteiger partial charge on any atom is -0.396 e. The fourth-order valence-corrected chi connectivity index (χ4v) is 4.57. The fourth-order valence-electron chi connectivity index (χ4n) is 4.57. The Hall–Kier alpha value is 0.449. The first-order valence-electron chi connectivity index (χ1n) is 15.4. The molecule has 219 valence electrons. The smallest absolute Gasteiger partial charge is 0.112 e. The first kappa shape index (κ1) is 39.6. The van der Waals surface area contributed by atoms with E-state index in [2.05, 4.69) is 6.92 Å². The molecular weight excluding hydrogens is 502 g/mol. The molecule has 1 rings (SSSR count). The van der Waals surface area contributed by atoms with Crippen molar-refractivity contribution in [3.8, 4) is 0 Å². The van der Waals surface area contributed by atoms with Gasteiger partial charge in [0.15, 0.2) is 0 Å². The quantitative estimate of drug-likeness (QED) is 0.0939. The predicted octanol–water partition coefficient (Wildman–Crippen LogP) is 6.82. The minimum atomic E-state index is -1.01. The molecule has 0 aromatic carbocycles. The number of hydrogen-bond donors (Lipinski definition) is 3. The monoisotopic (exact) mass is 563 g/mol. The zero-order valence-electron chi connectivity index (χ0n) is 24.6. The minimum absolute atomic E-state index is 0. The number of aliphatic hydroxyl groups is 3. The Balaban J connectivity index is 0. The normalized spacial score (nSPS) is 21.1. The van der Waals surface area contributed by atoms with Crippen molar-refractivity contribution in [2.45, 2.75) is 180 Å². The third-order valence-corrected chi connectivity index (χ3v) is 7.00. The summed E-state index contributed by atoms with van der Waals surface area (Å²) in [5, 5.41) is 27.4. The van der Waals surface area contributed by atoms with Crippen LogP contribution in [-0.4, -0.2) is 66.8 Å². The summed E-state index contributed by atoms with van der Waals surface area (Å²) in [5.41, 5.74) is 0. The van der Waals surface area contributed by atoms with Gasteiger partial charge >= 0.3 is 0 Å². The summed E-state index contributed by atoms with van der Waals surface area (Å²) in [6.07, 6.45) is 25.7. The van der Waals surface area contributed by atoms with Crippen molar-refractivity contribution in [3.63, 3.8) is 0 Å². The van der Waals surface area contributed by atoms with Gasteiger partial charge < -0.3 is 24.8 Å². The van der Waals surface area contributed by atoms with Crippen LogP contribution in [-0.2, 0) is 28.0 Å². The number of unbranched alkanes of at least 4 members (excludes halogenated alkanes) is 19. The van der Waals surface area contributed by atoms with Crippen molar-refractivity contribution in [1.29, 1.82) is 0 Å². The van der Waals surface area contributed by atoms with E-state index in [0.717, 1.165) is 6.42 Å². The van der Waals surface area contributed by atoms with Crippen LogP contribution in [0.3, 0.4) is 0 Å². The molecule has 0 amide bonds. The van der Waals surface area contributed by atoms with Crippen LogP contribution < -0.4 is 0 Å². The van der Waals surface area contributed by atoms with Gasteiger partial charge in [-0.2, -0.15) is 0 Å². The Bertz CT molecular complexity index is 424. The zero-order valence-corrected chi connectivity index (χ0v) is 26.0. The van der Waals surface area contributed by atoms with Crippen LogP contribution in [0.1, 0.15) is 149 Å². The van der Waals surface area contributed by atoms with E-state index in [4.69, 9.17) is 22.4 Å². The summed E-state index contributed by atoms with van der Waals surface area (Å²) >= 11 is 0. The molecule has 0 aromatic rings. The van der Waals surface area contributed by atoms with Crippen LogP contribution in [0.25, 0.3) is 0 Å². The van der Waals surface area contributed by atoms with Gasteiger partial charge in [-0.1, -0.05) is 129 Å². The van der Waals surface area contributed by atoms with Crippen LogP contribution in [0.2, 0.25) is 0 Å². The third-order valence-electron chi connectivity index (χ3n) is 7.00. The summed E-state index contributed by atoms with van der Waals surface area (Å²) in [4.78, 5) is 0. The summed E-state index contributed by atoms with van der Waals surface area (Å²) in [7, 11) is 5.38. The molecule has 5 nitrogen and oxygen atoms in total. The predicted molar refractivity (Wildman–Crippen MR) is 153 cm³/mol. The molecule has 1 saturated heterocycles. The van der Waals surface area contributed by atoms with E-state index in [1.54, 1.807) is 0 Å². The summed E-state index contributed by atoms with van der Waals surface area (Å²) in [6.45, 7) is 6.69. The topological polar surface area (TPSA) is 79.2 Å². The first-order chi connectivity index (χ1) is 17.4. The molecule has 1 heterocycles. The van der Waals surface area contributed by atoms with Gasteiger partial charge in [0.1, 0.15) is 20.1 Å². The number of aliphatic hydroxyl groups excluding tert-OH is 3. The Morgan fingerprint density at radius 1 is 0.649 bits per heavy atom. The van der Waals surface area contributed by atoms with Gasteiger partial charge in [-0.15, -0.1) is 0 Å². The summed E-state index contributed by atoms with van der Waals surface area (Å²) < 4.78 is 10.3. The summed E-state index contributed by atoms with van der Waals surface area (Å²) in [6, 6.07) is -0.809. The molecule has 37 heavy (non-hydrogen) atoms. The van der Waals surface area contributed by atoms with E-state index in [9.17, 15) is 10.2 Å². The van der Waals surface area contributed by atoms with E-state index in [0.29, 0.717) is 6.61 Å². The molecule has 3 N–H and O–H groups in total. The summed E-state index contributed by atoms with van der Waals surface area (Å²) in [5.74, 6) is 0. The number of hydrogen-bond acceptors (Lipinski definition) is 5. The first-order valence-corrected chi connectivity index (χ1v) is 15.4. The molecule has 1 aliphatic rings. The van der Waals surface area contributed by atoms with E-state index in [-0.39, 0.29) is 31.3 Å². The molecule has 0 spiro atoms. The van der Waals surface area contributed by atoms with Crippen molar-refractivity contribution in [3.05, 3.63) is 0 Å². The largest absolute Gasteiger partial charge is 0.396 e. The Morgan fingerprint density at radius 2 is 1.00 bits per heavy atom. The third kappa shape index (κ3) is 25.2. The van der Waals surface area contributed by atoms with Gasteiger partial charge in [-0.25, -0.2) is 0 Å². The van der Waals surface area contributed by atoms with Crippen molar-refractivity contribution < 1.29 is 43.3 Å². The van der Waals surface area contributed by atoms with Gasteiger partial charge in [-0.05, 0) is 20.3 Å². The molecule has 4 unspecified atom stereocenters. The maximum atomic E-state index is 9.41. The molecule has 0 aromatic heterocycles. The van der Waals surface area contributed by atoms with Crippen LogP contribution in [0.4, 0.5) is 0 Å². The average molecular weight is 564 g/mol. The molecular formula is C30H61BO5V. The zero-order chi connectivity index (χ0) is 26.9. The van der Waals surface area contributed by atoms with Crippen LogP contribution in [0.5, 0.6) is 0 Å². The fraction of sp³-hybridized carbons (Fsp3) is 1.00. The molecule has 1 fully saturated rings. The van der Waals surface area contributed by atoms with Gasteiger partial charge in [0.2, 0.25) is 0 Å². The van der Waals surface area contributed by atoms with Crippen LogP contribution in [0, 0.1) is 0 Å². The van der Waals surface area contributed by atoms with Crippen molar-refractivity contribution in [2.24, 2.45) is 0 Å². The Kier molecular flexibility index (Phi) is 31.5. The second-order valence-corrected chi connectivity index (χ2v) is 10.9. The maximum Gasteiger partial charge on any atom is 0.112 e. The Morgan fingerprint density at radius 3 is 1.27 bits per heavy atom. The van der Waals surface area contributed by atoms with Crippen molar-refractivity contribution >= 4 is 7.85 Å². The van der Waals surface area contributed by atoms with Gasteiger partial charge in [-0.3, -0.25) is 0 Å². The second kappa shape index (κ2) is 29.4. The van der Waals surface area contributed by atoms with Gasteiger partial charge in [0, 0.05) is 31.2 Å². The molecule has 0 aliphatic carbocycles. The van der Waals surface area contributed by atoms with E-state index < -0.39 is 24.3 Å². The number of ether oxygens (including phenoxy) is 2. The van der Waals surface area contributed by atoms with Crippen LogP contribution >= 0.6 is 0 Å². The van der Waals surface area contributed by atoms with Crippen LogP contribution in [0.15, 0.2) is 0 Å². The van der Waals surface area contributed by atoms with Gasteiger partial charge in [0.25, 0.3) is 0 Å². The second-order valence-electron chi connectivity index (χ2n) is 10.9. The average Bonchev–Trinajstić information content (AvgIpc) is 3.11. The molecule has 7 heteroatoms. The molecule has 0 saturated carbocycles. The molecule has 0 bridgehead atoms. The number of rotatable bonds is 23. The SMILES string of the molecule is CCCCCCCCCCCCCCCCCCCCCCO.[B]C1OC(COC(C)C)C(O)C1O.[V]. The molecule has 4 atom stereocenters. The van der Waals surface area contributed by atoms with E-state index in [1.807, 2.05) is 13.8 Å². The molecule has 3 radical (unpaired) electrons. The maximum absolute atomic E-state index is 9.41.